The Morgan fingerprint density at radius 2 is 1.79 bits per heavy atom. The van der Waals surface area contributed by atoms with Gasteiger partial charge in [0.2, 0.25) is 5.91 Å². The maximum absolute atomic E-state index is 13.4. The van der Waals surface area contributed by atoms with Gasteiger partial charge in [0.15, 0.2) is 11.5 Å². The topological polar surface area (TPSA) is 111 Å². The van der Waals surface area contributed by atoms with Crippen LogP contribution >= 0.6 is 0 Å². The molecule has 1 aliphatic rings. The molecule has 0 unspecified atom stereocenters. The maximum atomic E-state index is 13.4. The standard InChI is InChI=1S/C24H26N2O7/c1-5-32-20-12-15(10-11-19(20)31-4)18(13-21(28)33-6-2)26-23(29)16-8-7-9-17(25-14(3)27)22(16)24(26)30/h7-12,18H,5-6,13H2,1-4H3,(H,25,27)/t18-/m0/s1. The number of fused-ring (bicyclic) bond motifs is 1. The molecule has 0 fully saturated rings. The van der Waals surface area contributed by atoms with Gasteiger partial charge >= 0.3 is 5.97 Å². The molecule has 3 amide bonds. The molecule has 1 N–H and O–H groups in total. The Morgan fingerprint density at radius 1 is 1.03 bits per heavy atom. The Balaban J connectivity index is 2.09. The van der Waals surface area contributed by atoms with Crippen molar-refractivity contribution in [2.24, 2.45) is 0 Å². The monoisotopic (exact) mass is 454 g/mol. The number of amides is 3. The lowest BCUT2D eigenvalue weighted by Gasteiger charge is -2.26. The molecule has 0 aliphatic carbocycles. The first-order valence-electron chi connectivity index (χ1n) is 10.6. The van der Waals surface area contributed by atoms with Crippen LogP contribution in [0.1, 0.15) is 59.5 Å². The second kappa shape index (κ2) is 10.2. The third kappa shape index (κ3) is 4.82. The van der Waals surface area contributed by atoms with E-state index < -0.39 is 23.8 Å². The molecule has 0 saturated carbocycles. The summed E-state index contributed by atoms with van der Waals surface area (Å²) < 4.78 is 16.1. The fraction of sp³-hybridized carbons (Fsp3) is 0.333. The first kappa shape index (κ1) is 23.8. The fourth-order valence-electron chi connectivity index (χ4n) is 3.79. The summed E-state index contributed by atoms with van der Waals surface area (Å²) in [6.07, 6.45) is -0.243. The molecule has 1 heterocycles. The van der Waals surface area contributed by atoms with Gasteiger partial charge < -0.3 is 19.5 Å². The molecule has 0 bridgehead atoms. The van der Waals surface area contributed by atoms with Gasteiger partial charge in [-0.1, -0.05) is 12.1 Å². The van der Waals surface area contributed by atoms with Crippen molar-refractivity contribution in [3.63, 3.8) is 0 Å². The Hall–Kier alpha value is -3.88. The van der Waals surface area contributed by atoms with E-state index in [1.807, 2.05) is 6.92 Å². The van der Waals surface area contributed by atoms with E-state index in [4.69, 9.17) is 14.2 Å². The zero-order valence-corrected chi connectivity index (χ0v) is 19.0. The minimum absolute atomic E-state index is 0.0881. The van der Waals surface area contributed by atoms with Crippen LogP contribution in [0.5, 0.6) is 11.5 Å². The molecule has 1 aliphatic heterocycles. The molecule has 0 saturated heterocycles. The number of benzene rings is 2. The van der Waals surface area contributed by atoms with Crippen LogP contribution in [0, 0.1) is 0 Å². The minimum Gasteiger partial charge on any atom is -0.493 e. The van der Waals surface area contributed by atoms with Gasteiger partial charge in [-0.05, 0) is 43.7 Å². The molecular weight excluding hydrogens is 428 g/mol. The van der Waals surface area contributed by atoms with E-state index in [0.29, 0.717) is 23.7 Å². The van der Waals surface area contributed by atoms with Gasteiger partial charge in [-0.2, -0.15) is 0 Å². The molecule has 1 atom stereocenters. The molecule has 2 aromatic rings. The second-order valence-electron chi connectivity index (χ2n) is 7.26. The number of nitrogens with one attached hydrogen (secondary N) is 1. The van der Waals surface area contributed by atoms with E-state index in [1.165, 1.54) is 20.1 Å². The smallest absolute Gasteiger partial charge is 0.308 e. The van der Waals surface area contributed by atoms with Gasteiger partial charge in [0.25, 0.3) is 11.8 Å². The van der Waals surface area contributed by atoms with Crippen LogP contribution in [0.4, 0.5) is 5.69 Å². The Morgan fingerprint density at radius 3 is 2.42 bits per heavy atom. The SMILES string of the molecule is CCOC(=O)C[C@@H](c1ccc(OC)c(OCC)c1)N1C(=O)c2cccc(NC(C)=O)c2C1=O. The Kier molecular flexibility index (Phi) is 7.32. The summed E-state index contributed by atoms with van der Waals surface area (Å²) in [5.41, 5.74) is 0.979. The largest absolute Gasteiger partial charge is 0.493 e. The average Bonchev–Trinajstić information content (AvgIpc) is 3.03. The molecule has 2 aromatic carbocycles. The van der Waals surface area contributed by atoms with Gasteiger partial charge in [-0.25, -0.2) is 0 Å². The highest BCUT2D eigenvalue weighted by Crippen LogP contribution is 2.39. The number of hydrogen-bond acceptors (Lipinski definition) is 7. The molecule has 0 aromatic heterocycles. The van der Waals surface area contributed by atoms with Crippen molar-refractivity contribution >= 4 is 29.4 Å². The molecule has 9 nitrogen and oxygen atoms in total. The van der Waals surface area contributed by atoms with Crippen LogP contribution in [0.2, 0.25) is 0 Å². The predicted molar refractivity (Wildman–Crippen MR) is 119 cm³/mol. The van der Waals surface area contributed by atoms with Crippen LogP contribution in [0.3, 0.4) is 0 Å². The lowest BCUT2D eigenvalue weighted by Crippen LogP contribution is -2.35. The van der Waals surface area contributed by atoms with E-state index >= 15 is 0 Å². The lowest BCUT2D eigenvalue weighted by molar-refractivity contribution is -0.144. The van der Waals surface area contributed by atoms with Crippen LogP contribution in [0.25, 0.3) is 0 Å². The van der Waals surface area contributed by atoms with Crippen molar-refractivity contribution in [2.75, 3.05) is 25.6 Å². The number of methoxy groups -OCH3 is 1. The van der Waals surface area contributed by atoms with Crippen molar-refractivity contribution in [2.45, 2.75) is 33.2 Å². The highest BCUT2D eigenvalue weighted by molar-refractivity contribution is 6.24. The highest BCUT2D eigenvalue weighted by atomic mass is 16.5. The number of esters is 1. The van der Waals surface area contributed by atoms with E-state index in [1.54, 1.807) is 37.3 Å². The van der Waals surface area contributed by atoms with E-state index in [9.17, 15) is 19.2 Å². The van der Waals surface area contributed by atoms with Crippen LogP contribution in [0.15, 0.2) is 36.4 Å². The van der Waals surface area contributed by atoms with Gasteiger partial charge in [0, 0.05) is 6.92 Å². The summed E-state index contributed by atoms with van der Waals surface area (Å²) in [5.74, 6) is -1.21. The number of carbonyl (C=O) groups is 4. The van der Waals surface area contributed by atoms with E-state index in [-0.39, 0.29) is 35.7 Å². The van der Waals surface area contributed by atoms with Crippen molar-refractivity contribution in [1.29, 1.82) is 0 Å². The van der Waals surface area contributed by atoms with Gasteiger partial charge in [0.05, 0.1) is 49.6 Å². The summed E-state index contributed by atoms with van der Waals surface area (Å²) in [6.45, 7) is 5.34. The predicted octanol–water partition coefficient (Wildman–Crippen LogP) is 3.34. The number of imide groups is 1. The second-order valence-corrected chi connectivity index (χ2v) is 7.26. The molecular formula is C24H26N2O7. The number of nitrogens with zero attached hydrogens (tertiary/aromatic N) is 1. The number of hydrogen-bond donors (Lipinski definition) is 1. The number of anilines is 1. The van der Waals surface area contributed by atoms with E-state index in [0.717, 1.165) is 4.90 Å². The molecule has 33 heavy (non-hydrogen) atoms. The maximum Gasteiger partial charge on any atom is 0.308 e. The number of carbonyl (C=O) groups excluding carboxylic acids is 4. The van der Waals surface area contributed by atoms with Crippen molar-refractivity contribution in [3.8, 4) is 11.5 Å². The summed E-state index contributed by atoms with van der Waals surface area (Å²) in [4.78, 5) is 51.8. The van der Waals surface area contributed by atoms with Gasteiger partial charge in [0.1, 0.15) is 0 Å². The van der Waals surface area contributed by atoms with Crippen LogP contribution in [-0.2, 0) is 14.3 Å². The molecule has 0 spiro atoms. The molecule has 3 rings (SSSR count). The van der Waals surface area contributed by atoms with Gasteiger partial charge in [-0.15, -0.1) is 0 Å². The van der Waals surface area contributed by atoms with Crippen LogP contribution < -0.4 is 14.8 Å². The summed E-state index contributed by atoms with van der Waals surface area (Å²) >= 11 is 0. The first-order chi connectivity index (χ1) is 15.8. The fourth-order valence-corrected chi connectivity index (χ4v) is 3.79. The average molecular weight is 454 g/mol. The first-order valence-corrected chi connectivity index (χ1v) is 10.6. The highest BCUT2D eigenvalue weighted by Gasteiger charge is 2.43. The summed E-state index contributed by atoms with van der Waals surface area (Å²) in [7, 11) is 1.50. The van der Waals surface area contributed by atoms with Crippen LogP contribution in [-0.4, -0.2) is 48.9 Å². The zero-order valence-electron chi connectivity index (χ0n) is 19.0. The summed E-state index contributed by atoms with van der Waals surface area (Å²) in [6, 6.07) is 8.66. The Bertz CT molecular complexity index is 1100. The molecule has 9 heteroatoms. The number of ether oxygens (including phenoxy) is 3. The van der Waals surface area contributed by atoms with Crippen molar-refractivity contribution < 1.29 is 33.4 Å². The van der Waals surface area contributed by atoms with Gasteiger partial charge in [-0.3, -0.25) is 24.1 Å². The normalized spacial score (nSPS) is 13.4. The van der Waals surface area contributed by atoms with Crippen molar-refractivity contribution in [1.82, 2.24) is 4.90 Å². The minimum atomic E-state index is -0.952. The van der Waals surface area contributed by atoms with Crippen molar-refractivity contribution in [3.05, 3.63) is 53.1 Å². The van der Waals surface area contributed by atoms with E-state index in [2.05, 4.69) is 5.32 Å². The quantitative estimate of drug-likeness (QED) is 0.457. The third-order valence-electron chi connectivity index (χ3n) is 5.11. The number of rotatable bonds is 9. The lowest BCUT2D eigenvalue weighted by atomic mass is 10.0. The summed E-state index contributed by atoms with van der Waals surface area (Å²) in [5, 5.41) is 2.59. The molecule has 174 valence electrons. The zero-order chi connectivity index (χ0) is 24.1. The third-order valence-corrected chi connectivity index (χ3v) is 5.11. The Labute approximate surface area is 191 Å². The molecule has 0 radical (unpaired) electrons.